The fourth-order valence-electron chi connectivity index (χ4n) is 3.31. The van der Waals surface area contributed by atoms with Crippen LogP contribution in [0.1, 0.15) is 19.4 Å². The first-order valence-corrected chi connectivity index (χ1v) is 6.38. The van der Waals surface area contributed by atoms with Crippen LogP contribution in [0.15, 0.2) is 18.2 Å². The van der Waals surface area contributed by atoms with Crippen molar-refractivity contribution < 1.29 is 4.92 Å². The van der Waals surface area contributed by atoms with Gasteiger partial charge in [0, 0.05) is 24.8 Å². The number of fused-ring (bicyclic) bond motifs is 1. The van der Waals surface area contributed by atoms with Crippen LogP contribution in [0.3, 0.4) is 0 Å². The number of anilines is 1. The van der Waals surface area contributed by atoms with Gasteiger partial charge in [-0.05, 0) is 29.4 Å². The maximum absolute atomic E-state index is 10.8. The van der Waals surface area contributed by atoms with Gasteiger partial charge in [-0.25, -0.2) is 0 Å². The maximum Gasteiger partial charge on any atom is 0.287 e. The van der Waals surface area contributed by atoms with Gasteiger partial charge in [0.25, 0.3) is 5.69 Å². The van der Waals surface area contributed by atoms with E-state index in [1.807, 2.05) is 6.07 Å². The molecule has 98 valence electrons. The SMILES string of the molecule is CC1(C)[C@H]2CN(c3ccc([N+](=O)[O-])c(C#N)c3)C[C@@H]21. The minimum absolute atomic E-state index is 0.115. The Morgan fingerprint density at radius 2 is 2.05 bits per heavy atom. The smallest absolute Gasteiger partial charge is 0.287 e. The molecule has 1 aliphatic carbocycles. The van der Waals surface area contributed by atoms with Crippen LogP contribution in [0.4, 0.5) is 11.4 Å². The Kier molecular flexibility index (Phi) is 2.33. The second-order valence-electron chi connectivity index (χ2n) is 6.01. The van der Waals surface area contributed by atoms with Crippen LogP contribution in [0.2, 0.25) is 0 Å². The van der Waals surface area contributed by atoms with Gasteiger partial charge in [-0.1, -0.05) is 13.8 Å². The highest BCUT2D eigenvalue weighted by Gasteiger charge is 2.61. The van der Waals surface area contributed by atoms with Crippen molar-refractivity contribution in [3.8, 4) is 6.07 Å². The van der Waals surface area contributed by atoms with E-state index in [1.54, 1.807) is 12.1 Å². The molecular weight excluding hydrogens is 242 g/mol. The molecule has 2 fully saturated rings. The van der Waals surface area contributed by atoms with E-state index in [4.69, 9.17) is 5.26 Å². The van der Waals surface area contributed by atoms with E-state index in [-0.39, 0.29) is 11.3 Å². The van der Waals surface area contributed by atoms with Gasteiger partial charge >= 0.3 is 0 Å². The molecule has 5 heteroatoms. The summed E-state index contributed by atoms with van der Waals surface area (Å²) in [7, 11) is 0. The zero-order chi connectivity index (χ0) is 13.8. The van der Waals surface area contributed by atoms with Crippen LogP contribution in [0.25, 0.3) is 0 Å². The van der Waals surface area contributed by atoms with Crippen LogP contribution >= 0.6 is 0 Å². The molecule has 2 atom stereocenters. The number of nitrogens with zero attached hydrogens (tertiary/aromatic N) is 3. The molecule has 5 nitrogen and oxygen atoms in total. The number of rotatable bonds is 2. The first-order chi connectivity index (χ1) is 8.95. The van der Waals surface area contributed by atoms with E-state index in [0.29, 0.717) is 17.3 Å². The highest BCUT2D eigenvalue weighted by molar-refractivity contribution is 5.60. The molecule has 0 spiro atoms. The van der Waals surface area contributed by atoms with Crippen LogP contribution < -0.4 is 4.90 Å². The summed E-state index contributed by atoms with van der Waals surface area (Å²) in [6.45, 7) is 6.55. The Morgan fingerprint density at radius 1 is 1.42 bits per heavy atom. The second kappa shape index (κ2) is 3.70. The van der Waals surface area contributed by atoms with E-state index in [1.165, 1.54) is 6.07 Å². The van der Waals surface area contributed by atoms with Crippen molar-refractivity contribution in [2.45, 2.75) is 13.8 Å². The van der Waals surface area contributed by atoms with Crippen molar-refractivity contribution in [3.05, 3.63) is 33.9 Å². The number of piperidine rings is 1. The van der Waals surface area contributed by atoms with Crippen molar-refractivity contribution >= 4 is 11.4 Å². The molecule has 0 N–H and O–H groups in total. The Hall–Kier alpha value is -2.09. The second-order valence-corrected chi connectivity index (χ2v) is 6.01. The van der Waals surface area contributed by atoms with Crippen LogP contribution in [-0.2, 0) is 0 Å². The molecule has 1 aliphatic heterocycles. The van der Waals surface area contributed by atoms with Crippen molar-refractivity contribution in [2.75, 3.05) is 18.0 Å². The molecule has 3 rings (SSSR count). The third-order valence-corrected chi connectivity index (χ3v) is 4.78. The molecule has 0 aromatic heterocycles. The lowest BCUT2D eigenvalue weighted by atomic mass is 10.1. The summed E-state index contributed by atoms with van der Waals surface area (Å²) in [6, 6.07) is 6.73. The Balaban J connectivity index is 1.85. The lowest BCUT2D eigenvalue weighted by Gasteiger charge is -2.24. The first kappa shape index (κ1) is 12.0. The molecule has 1 heterocycles. The van der Waals surface area contributed by atoms with Crippen LogP contribution in [0.5, 0.6) is 0 Å². The van der Waals surface area contributed by atoms with Gasteiger partial charge in [0.05, 0.1) is 4.92 Å². The molecule has 0 amide bonds. The molecular formula is C14H15N3O2. The van der Waals surface area contributed by atoms with E-state index >= 15 is 0 Å². The molecule has 0 radical (unpaired) electrons. The number of nitro groups is 1. The lowest BCUT2D eigenvalue weighted by molar-refractivity contribution is -0.385. The minimum atomic E-state index is -0.507. The van der Waals surface area contributed by atoms with E-state index in [2.05, 4.69) is 18.7 Å². The summed E-state index contributed by atoms with van der Waals surface area (Å²) in [4.78, 5) is 12.5. The summed E-state index contributed by atoms with van der Waals surface area (Å²) < 4.78 is 0. The van der Waals surface area contributed by atoms with Gasteiger partial charge in [0.2, 0.25) is 0 Å². The van der Waals surface area contributed by atoms with Gasteiger partial charge in [-0.15, -0.1) is 0 Å². The Bertz CT molecular complexity index is 589. The van der Waals surface area contributed by atoms with E-state index < -0.39 is 4.92 Å². The van der Waals surface area contributed by atoms with Crippen molar-refractivity contribution in [1.29, 1.82) is 5.26 Å². The standard InChI is InChI=1S/C14H15N3O2/c1-14(2)11-7-16(8-12(11)14)10-3-4-13(17(18)19)9(5-10)6-15/h3-5,11-12H,7-8H2,1-2H3/t11-,12-/m0/s1. The summed E-state index contributed by atoms with van der Waals surface area (Å²) in [5.41, 5.74) is 1.39. The average Bonchev–Trinajstić information content (AvgIpc) is 2.79. The molecule has 1 aromatic carbocycles. The largest absolute Gasteiger partial charge is 0.371 e. The highest BCUT2D eigenvalue weighted by atomic mass is 16.6. The van der Waals surface area contributed by atoms with Crippen molar-refractivity contribution in [3.63, 3.8) is 0 Å². The fourth-order valence-corrected chi connectivity index (χ4v) is 3.31. The van der Waals surface area contributed by atoms with Crippen molar-refractivity contribution in [2.24, 2.45) is 17.3 Å². The summed E-state index contributed by atoms with van der Waals surface area (Å²) in [5.74, 6) is 1.43. The monoisotopic (exact) mass is 257 g/mol. The predicted octanol–water partition coefficient (Wildman–Crippen LogP) is 2.56. The molecule has 1 saturated heterocycles. The van der Waals surface area contributed by atoms with Crippen LogP contribution in [-0.4, -0.2) is 18.0 Å². The molecule has 1 aromatic rings. The van der Waals surface area contributed by atoms with Gasteiger partial charge in [0.1, 0.15) is 11.6 Å². The van der Waals surface area contributed by atoms with Gasteiger partial charge in [0.15, 0.2) is 0 Å². The lowest BCUT2D eigenvalue weighted by Crippen LogP contribution is -2.26. The zero-order valence-electron chi connectivity index (χ0n) is 11.0. The van der Waals surface area contributed by atoms with Crippen molar-refractivity contribution in [1.82, 2.24) is 0 Å². The molecule has 19 heavy (non-hydrogen) atoms. The van der Waals surface area contributed by atoms with Gasteiger partial charge in [-0.2, -0.15) is 5.26 Å². The highest BCUT2D eigenvalue weighted by Crippen LogP contribution is 2.62. The van der Waals surface area contributed by atoms with E-state index in [0.717, 1.165) is 18.8 Å². The van der Waals surface area contributed by atoms with Gasteiger partial charge in [-0.3, -0.25) is 10.1 Å². The Morgan fingerprint density at radius 3 is 2.58 bits per heavy atom. The topological polar surface area (TPSA) is 70.2 Å². The average molecular weight is 257 g/mol. The summed E-state index contributed by atoms with van der Waals surface area (Å²) in [5, 5.41) is 19.8. The fraction of sp³-hybridized carbons (Fsp3) is 0.500. The van der Waals surface area contributed by atoms with Gasteiger partial charge < -0.3 is 4.90 Å². The third-order valence-electron chi connectivity index (χ3n) is 4.78. The number of nitro benzene ring substituents is 1. The van der Waals surface area contributed by atoms with E-state index in [9.17, 15) is 10.1 Å². The summed E-state index contributed by atoms with van der Waals surface area (Å²) >= 11 is 0. The Labute approximate surface area is 111 Å². The predicted molar refractivity (Wildman–Crippen MR) is 70.8 cm³/mol. The number of nitriles is 1. The molecule has 0 bridgehead atoms. The minimum Gasteiger partial charge on any atom is -0.371 e. The normalized spacial score (nSPS) is 26.7. The third kappa shape index (κ3) is 1.67. The maximum atomic E-state index is 10.8. The quantitative estimate of drug-likeness (QED) is 0.603. The molecule has 1 saturated carbocycles. The number of hydrogen-bond acceptors (Lipinski definition) is 4. The molecule has 0 unspecified atom stereocenters. The molecule has 2 aliphatic rings. The zero-order valence-corrected chi connectivity index (χ0v) is 11.0. The van der Waals surface area contributed by atoms with Crippen LogP contribution in [0, 0.1) is 38.7 Å². The number of hydrogen-bond donors (Lipinski definition) is 0. The first-order valence-electron chi connectivity index (χ1n) is 6.38. The number of benzene rings is 1. The summed E-state index contributed by atoms with van der Waals surface area (Å²) in [6.07, 6.45) is 0.